The zero-order valence-electron chi connectivity index (χ0n) is 9.55. The largest absolute Gasteiger partial charge is 0.391 e. The minimum atomic E-state index is -0.262. The first-order chi connectivity index (χ1) is 7.79. The van der Waals surface area contributed by atoms with Gasteiger partial charge in [0.25, 0.3) is 0 Å². The van der Waals surface area contributed by atoms with Crippen molar-refractivity contribution < 1.29 is 5.11 Å². The summed E-state index contributed by atoms with van der Waals surface area (Å²) in [6, 6.07) is 10.4. The van der Waals surface area contributed by atoms with Gasteiger partial charge in [0.15, 0.2) is 0 Å². The summed E-state index contributed by atoms with van der Waals surface area (Å²) in [6.45, 7) is 3.31. The van der Waals surface area contributed by atoms with Gasteiger partial charge in [-0.2, -0.15) is 0 Å². The van der Waals surface area contributed by atoms with Gasteiger partial charge in [0.2, 0.25) is 0 Å². The van der Waals surface area contributed by atoms with Crippen LogP contribution in [0.4, 0.5) is 0 Å². The van der Waals surface area contributed by atoms with Gasteiger partial charge in [-0.1, -0.05) is 30.3 Å². The molecule has 1 aromatic carbocycles. The van der Waals surface area contributed by atoms with Crippen molar-refractivity contribution in [1.29, 1.82) is 0 Å². The zero-order chi connectivity index (χ0) is 11.4. The van der Waals surface area contributed by atoms with Crippen LogP contribution in [0.5, 0.6) is 0 Å². The second-order valence-electron chi connectivity index (χ2n) is 4.57. The van der Waals surface area contributed by atoms with Crippen molar-refractivity contribution in [3.8, 4) is 0 Å². The molecule has 2 rings (SSSR count). The fourth-order valence-corrected chi connectivity index (χ4v) is 2.31. The van der Waals surface area contributed by atoms with E-state index < -0.39 is 0 Å². The molecule has 1 saturated heterocycles. The molecule has 3 N–H and O–H groups in total. The number of hydrogen-bond donors (Lipinski definition) is 2. The normalized spacial score (nSPS) is 26.9. The molecule has 3 nitrogen and oxygen atoms in total. The molecule has 1 fully saturated rings. The third-order valence-electron chi connectivity index (χ3n) is 3.36. The molecule has 0 aromatic heterocycles. The second-order valence-corrected chi connectivity index (χ2v) is 4.57. The maximum absolute atomic E-state index is 9.90. The Morgan fingerprint density at radius 2 is 2.06 bits per heavy atom. The van der Waals surface area contributed by atoms with Crippen LogP contribution in [-0.4, -0.2) is 35.7 Å². The highest BCUT2D eigenvalue weighted by atomic mass is 16.3. The quantitative estimate of drug-likeness (QED) is 0.793. The maximum Gasteiger partial charge on any atom is 0.0707 e. The highest BCUT2D eigenvalue weighted by molar-refractivity contribution is 5.14. The summed E-state index contributed by atoms with van der Waals surface area (Å²) >= 11 is 0. The summed E-state index contributed by atoms with van der Waals surface area (Å²) in [5.41, 5.74) is 6.92. The van der Waals surface area contributed by atoms with Crippen molar-refractivity contribution >= 4 is 0 Å². The Hall–Kier alpha value is -0.900. The molecular formula is C13H20N2O. The lowest BCUT2D eigenvalue weighted by Crippen LogP contribution is -2.45. The van der Waals surface area contributed by atoms with E-state index in [0.29, 0.717) is 6.54 Å². The Labute approximate surface area is 96.9 Å². The Kier molecular flexibility index (Phi) is 3.93. The summed E-state index contributed by atoms with van der Waals surface area (Å²) in [5, 5.41) is 9.90. The highest BCUT2D eigenvalue weighted by Gasteiger charge is 2.26. The van der Waals surface area contributed by atoms with Gasteiger partial charge in [0.05, 0.1) is 6.10 Å². The monoisotopic (exact) mass is 220 g/mol. The van der Waals surface area contributed by atoms with Gasteiger partial charge in [-0.25, -0.2) is 0 Å². The molecule has 0 saturated carbocycles. The number of nitrogens with two attached hydrogens (primary N) is 1. The maximum atomic E-state index is 9.90. The van der Waals surface area contributed by atoms with E-state index in [1.54, 1.807) is 0 Å². The van der Waals surface area contributed by atoms with E-state index >= 15 is 0 Å². The molecule has 3 heteroatoms. The lowest BCUT2D eigenvalue weighted by atomic mass is 9.94. The van der Waals surface area contributed by atoms with Crippen molar-refractivity contribution in [1.82, 2.24) is 4.90 Å². The Balaban J connectivity index is 1.89. The minimum absolute atomic E-state index is 0.262. The first-order valence-corrected chi connectivity index (χ1v) is 5.94. The van der Waals surface area contributed by atoms with Gasteiger partial charge >= 0.3 is 0 Å². The molecule has 0 amide bonds. The van der Waals surface area contributed by atoms with Crippen LogP contribution >= 0.6 is 0 Å². The number of likely N-dealkylation sites (tertiary alicyclic amines) is 1. The van der Waals surface area contributed by atoms with Crippen LogP contribution in [0.1, 0.15) is 12.0 Å². The van der Waals surface area contributed by atoms with Gasteiger partial charge in [-0.3, -0.25) is 4.90 Å². The van der Waals surface area contributed by atoms with Gasteiger partial charge in [-0.15, -0.1) is 0 Å². The fraction of sp³-hybridized carbons (Fsp3) is 0.538. The highest BCUT2D eigenvalue weighted by Crippen LogP contribution is 2.18. The summed E-state index contributed by atoms with van der Waals surface area (Å²) in [6.07, 6.45) is 0.743. The standard InChI is InChI=1S/C13H20N2O/c14-8-12-6-7-15(10-13(12)16)9-11-4-2-1-3-5-11/h1-5,12-13,16H,6-10,14H2. The first kappa shape index (κ1) is 11.6. The summed E-state index contributed by atoms with van der Waals surface area (Å²) < 4.78 is 0. The summed E-state index contributed by atoms with van der Waals surface area (Å²) in [7, 11) is 0. The number of benzene rings is 1. The van der Waals surface area contributed by atoms with Gasteiger partial charge in [0.1, 0.15) is 0 Å². The lowest BCUT2D eigenvalue weighted by Gasteiger charge is -2.35. The number of aliphatic hydroxyl groups excluding tert-OH is 1. The molecule has 1 aromatic rings. The molecule has 0 aliphatic carbocycles. The SMILES string of the molecule is NCC1CCN(Cc2ccccc2)CC1O. The molecule has 2 atom stereocenters. The van der Waals surface area contributed by atoms with E-state index in [4.69, 9.17) is 5.73 Å². The average molecular weight is 220 g/mol. The first-order valence-electron chi connectivity index (χ1n) is 5.94. The smallest absolute Gasteiger partial charge is 0.0707 e. The number of nitrogens with zero attached hydrogens (tertiary/aromatic N) is 1. The average Bonchev–Trinajstić information content (AvgIpc) is 2.31. The molecular weight excluding hydrogens is 200 g/mol. The number of β-amino-alcohol motifs (C(OH)–C–C–N with tert-alkyl or cyclic N) is 1. The minimum Gasteiger partial charge on any atom is -0.391 e. The topological polar surface area (TPSA) is 49.5 Å². The van der Waals surface area contributed by atoms with E-state index in [1.807, 2.05) is 6.07 Å². The van der Waals surface area contributed by atoms with E-state index in [9.17, 15) is 5.11 Å². The molecule has 1 heterocycles. The van der Waals surface area contributed by atoms with Crippen LogP contribution < -0.4 is 5.73 Å². The number of rotatable bonds is 3. The van der Waals surface area contributed by atoms with Crippen LogP contribution in [0, 0.1) is 5.92 Å². The Morgan fingerprint density at radius 1 is 1.31 bits per heavy atom. The number of aliphatic hydroxyl groups is 1. The van der Waals surface area contributed by atoms with Crippen molar-refractivity contribution in [3.63, 3.8) is 0 Å². The predicted molar refractivity (Wildman–Crippen MR) is 64.9 cm³/mol. The molecule has 88 valence electrons. The zero-order valence-corrected chi connectivity index (χ0v) is 9.55. The van der Waals surface area contributed by atoms with Crippen molar-refractivity contribution in [2.45, 2.75) is 19.1 Å². The lowest BCUT2D eigenvalue weighted by molar-refractivity contribution is 0.0221. The van der Waals surface area contributed by atoms with Gasteiger partial charge in [0, 0.05) is 13.1 Å². The molecule has 16 heavy (non-hydrogen) atoms. The summed E-state index contributed by atoms with van der Waals surface area (Å²) in [5.74, 6) is 0.284. The molecule has 1 aliphatic rings. The molecule has 2 unspecified atom stereocenters. The van der Waals surface area contributed by atoms with E-state index in [0.717, 1.165) is 26.1 Å². The molecule has 1 aliphatic heterocycles. The van der Waals surface area contributed by atoms with E-state index in [1.165, 1.54) is 5.56 Å². The van der Waals surface area contributed by atoms with Crippen LogP contribution in [0.25, 0.3) is 0 Å². The van der Waals surface area contributed by atoms with Crippen LogP contribution in [0.2, 0.25) is 0 Å². The van der Waals surface area contributed by atoms with Gasteiger partial charge in [-0.05, 0) is 31.0 Å². The van der Waals surface area contributed by atoms with Crippen molar-refractivity contribution in [3.05, 3.63) is 35.9 Å². The fourth-order valence-electron chi connectivity index (χ4n) is 2.31. The molecule has 0 bridgehead atoms. The Bertz CT molecular complexity index is 315. The Morgan fingerprint density at radius 3 is 2.69 bits per heavy atom. The molecule has 0 radical (unpaired) electrons. The van der Waals surface area contributed by atoms with Crippen LogP contribution in [-0.2, 0) is 6.54 Å². The predicted octanol–water partition coefficient (Wildman–Crippen LogP) is 0.828. The third kappa shape index (κ3) is 2.82. The van der Waals surface area contributed by atoms with Crippen molar-refractivity contribution in [2.75, 3.05) is 19.6 Å². The second kappa shape index (κ2) is 5.43. The van der Waals surface area contributed by atoms with Crippen molar-refractivity contribution in [2.24, 2.45) is 11.7 Å². The third-order valence-corrected chi connectivity index (χ3v) is 3.36. The van der Waals surface area contributed by atoms with E-state index in [-0.39, 0.29) is 12.0 Å². The van der Waals surface area contributed by atoms with E-state index in [2.05, 4.69) is 29.2 Å². The molecule has 0 spiro atoms. The number of hydrogen-bond acceptors (Lipinski definition) is 3. The van der Waals surface area contributed by atoms with Gasteiger partial charge < -0.3 is 10.8 Å². The van der Waals surface area contributed by atoms with Crippen LogP contribution in [0.15, 0.2) is 30.3 Å². The number of piperidine rings is 1. The van der Waals surface area contributed by atoms with Crippen LogP contribution in [0.3, 0.4) is 0 Å². The summed E-state index contributed by atoms with van der Waals surface area (Å²) in [4.78, 5) is 2.30.